The van der Waals surface area contributed by atoms with Crippen LogP contribution in [-0.4, -0.2) is 37.1 Å². The van der Waals surface area contributed by atoms with Crippen molar-refractivity contribution < 1.29 is 32.8 Å². The van der Waals surface area contributed by atoms with E-state index in [9.17, 15) is 14.2 Å². The van der Waals surface area contributed by atoms with Gasteiger partial charge in [-0.15, -0.1) is 0 Å². The molecule has 0 saturated heterocycles. The van der Waals surface area contributed by atoms with Gasteiger partial charge >= 0.3 is 13.6 Å². The normalized spacial score (nSPS) is 11.9. The maximum atomic E-state index is 12.5. The first kappa shape index (κ1) is 20.8. The number of hydrogen-bond acceptors (Lipinski definition) is 8. The Morgan fingerprint density at radius 3 is 2.36 bits per heavy atom. The van der Waals surface area contributed by atoms with Crippen LogP contribution in [0.5, 0.6) is 5.75 Å². The van der Waals surface area contributed by atoms with Gasteiger partial charge in [-0.25, -0.2) is 4.79 Å². The van der Waals surface area contributed by atoms with Gasteiger partial charge in [0.25, 0.3) is 11.4 Å². The van der Waals surface area contributed by atoms with Crippen LogP contribution in [0, 0.1) is 6.92 Å². The van der Waals surface area contributed by atoms with Crippen LogP contribution in [0.25, 0.3) is 0 Å². The summed E-state index contributed by atoms with van der Waals surface area (Å²) in [5, 5.41) is 3.26. The molecule has 0 aliphatic carbocycles. The zero-order valence-corrected chi connectivity index (χ0v) is 15.2. The molecule has 0 aliphatic rings. The Morgan fingerprint density at radius 2 is 1.84 bits per heavy atom. The molecular formula is C15H21N2O7P. The fourth-order valence-electron chi connectivity index (χ4n) is 1.70. The highest BCUT2D eigenvalue weighted by atomic mass is 31.2. The Labute approximate surface area is 145 Å². The zero-order chi connectivity index (χ0) is 18.9. The maximum absolute atomic E-state index is 12.5. The SMILES string of the molecule is CCOP(=O)(OCC)/C(=N\OC(=O)COc1cccc(C)c1)C(N)=O. The predicted octanol–water partition coefficient (Wildman–Crippen LogP) is 1.98. The number of nitrogens with zero attached hydrogens (tertiary/aromatic N) is 1. The molecule has 0 fully saturated rings. The first-order valence-corrected chi connectivity index (χ1v) is 9.03. The van der Waals surface area contributed by atoms with Crippen molar-refractivity contribution in [1.29, 1.82) is 0 Å². The van der Waals surface area contributed by atoms with Gasteiger partial charge in [0.05, 0.1) is 13.2 Å². The van der Waals surface area contributed by atoms with Crippen LogP contribution in [0.3, 0.4) is 0 Å². The molecule has 10 heteroatoms. The van der Waals surface area contributed by atoms with Crippen molar-refractivity contribution in [2.24, 2.45) is 10.9 Å². The number of nitrogens with two attached hydrogens (primary N) is 1. The zero-order valence-electron chi connectivity index (χ0n) is 14.3. The molecular weight excluding hydrogens is 351 g/mol. The Hall–Kier alpha value is -2.22. The minimum Gasteiger partial charge on any atom is -0.482 e. The highest BCUT2D eigenvalue weighted by molar-refractivity contribution is 7.75. The average molecular weight is 372 g/mol. The van der Waals surface area contributed by atoms with Gasteiger partial charge in [-0.05, 0) is 38.5 Å². The summed E-state index contributed by atoms with van der Waals surface area (Å²) in [5.74, 6) is -1.64. The lowest BCUT2D eigenvalue weighted by Crippen LogP contribution is -2.26. The Kier molecular flexibility index (Phi) is 8.27. The lowest BCUT2D eigenvalue weighted by Gasteiger charge is -2.16. The molecule has 0 saturated carbocycles. The highest BCUT2D eigenvalue weighted by Gasteiger charge is 2.37. The number of carbonyl (C=O) groups excluding carboxylic acids is 2. The number of carbonyl (C=O) groups is 2. The number of hydrogen-bond donors (Lipinski definition) is 1. The van der Waals surface area contributed by atoms with Crippen LogP contribution in [-0.2, 0) is 28.0 Å². The second-order valence-corrected chi connectivity index (χ2v) is 6.62. The topological polar surface area (TPSA) is 127 Å². The highest BCUT2D eigenvalue weighted by Crippen LogP contribution is 2.49. The monoisotopic (exact) mass is 372 g/mol. The third-order valence-corrected chi connectivity index (χ3v) is 4.68. The van der Waals surface area contributed by atoms with Crippen LogP contribution >= 0.6 is 7.60 Å². The summed E-state index contributed by atoms with van der Waals surface area (Å²) in [5.41, 5.74) is 5.29. The van der Waals surface area contributed by atoms with Gasteiger partial charge in [-0.2, -0.15) is 0 Å². The van der Waals surface area contributed by atoms with E-state index in [4.69, 9.17) is 19.5 Å². The maximum Gasteiger partial charge on any atom is 0.388 e. The van der Waals surface area contributed by atoms with Gasteiger partial charge in [0.2, 0.25) is 0 Å². The van der Waals surface area contributed by atoms with Gasteiger partial charge < -0.3 is 24.4 Å². The number of rotatable bonds is 10. The van der Waals surface area contributed by atoms with E-state index in [1.807, 2.05) is 13.0 Å². The van der Waals surface area contributed by atoms with E-state index in [-0.39, 0.29) is 13.2 Å². The summed E-state index contributed by atoms with van der Waals surface area (Å²) >= 11 is 0. The standard InChI is InChI=1S/C15H21N2O7P/c1-4-22-25(20,23-5-2)15(14(16)19)17-24-13(18)10-21-12-8-6-7-11(3)9-12/h6-9H,4-5,10H2,1-3H3,(H2,16,19)/b17-15-. The van der Waals surface area contributed by atoms with E-state index in [1.165, 1.54) is 0 Å². The van der Waals surface area contributed by atoms with Crippen LogP contribution in [0.1, 0.15) is 19.4 Å². The summed E-state index contributed by atoms with van der Waals surface area (Å²) < 4.78 is 27.6. The third-order valence-electron chi connectivity index (χ3n) is 2.66. The van der Waals surface area contributed by atoms with Crippen molar-refractivity contribution >= 4 is 24.9 Å². The molecule has 0 heterocycles. The number of ether oxygens (including phenoxy) is 1. The van der Waals surface area contributed by atoms with Crippen LogP contribution in [0.4, 0.5) is 0 Å². The molecule has 0 atom stereocenters. The molecule has 0 radical (unpaired) electrons. The first-order chi connectivity index (χ1) is 11.8. The number of aryl methyl sites for hydroxylation is 1. The molecule has 0 bridgehead atoms. The molecule has 9 nitrogen and oxygen atoms in total. The molecule has 2 N–H and O–H groups in total. The Morgan fingerprint density at radius 1 is 1.20 bits per heavy atom. The lowest BCUT2D eigenvalue weighted by molar-refractivity contribution is -0.146. The largest absolute Gasteiger partial charge is 0.482 e. The predicted molar refractivity (Wildman–Crippen MR) is 90.3 cm³/mol. The fraction of sp³-hybridized carbons (Fsp3) is 0.400. The smallest absolute Gasteiger partial charge is 0.388 e. The summed E-state index contributed by atoms with van der Waals surface area (Å²) in [4.78, 5) is 27.7. The second-order valence-electron chi connectivity index (χ2n) is 4.68. The van der Waals surface area contributed by atoms with Gasteiger partial charge in [0.15, 0.2) is 6.61 Å². The van der Waals surface area contributed by atoms with Crippen molar-refractivity contribution in [3.05, 3.63) is 29.8 Å². The molecule has 0 aromatic heterocycles. The Bertz CT molecular complexity index is 680. The molecule has 1 amide bonds. The summed E-state index contributed by atoms with van der Waals surface area (Å²) in [6.45, 7) is 4.46. The van der Waals surface area contributed by atoms with Crippen LogP contribution in [0.15, 0.2) is 29.4 Å². The molecule has 1 rings (SSSR count). The quantitative estimate of drug-likeness (QED) is 0.288. The molecule has 0 unspecified atom stereocenters. The minimum atomic E-state index is -4.07. The van der Waals surface area contributed by atoms with Crippen LogP contribution < -0.4 is 10.5 Å². The second kappa shape index (κ2) is 9.93. The molecule has 0 spiro atoms. The minimum absolute atomic E-state index is 0.0198. The molecule has 0 aliphatic heterocycles. The van der Waals surface area contributed by atoms with E-state index < -0.39 is 31.5 Å². The number of benzene rings is 1. The van der Waals surface area contributed by atoms with Crippen molar-refractivity contribution in [3.63, 3.8) is 0 Å². The van der Waals surface area contributed by atoms with E-state index in [2.05, 4.69) is 9.99 Å². The first-order valence-electron chi connectivity index (χ1n) is 7.49. The van der Waals surface area contributed by atoms with Crippen molar-refractivity contribution in [3.8, 4) is 5.75 Å². The average Bonchev–Trinajstić information content (AvgIpc) is 2.53. The number of primary amides is 1. The van der Waals surface area contributed by atoms with E-state index in [0.29, 0.717) is 5.75 Å². The third kappa shape index (κ3) is 6.66. The van der Waals surface area contributed by atoms with Gasteiger partial charge in [0.1, 0.15) is 5.75 Å². The molecule has 138 valence electrons. The van der Waals surface area contributed by atoms with E-state index in [0.717, 1.165) is 5.56 Å². The summed E-state index contributed by atoms with van der Waals surface area (Å²) in [7, 11) is -4.07. The van der Waals surface area contributed by atoms with Gasteiger partial charge in [-0.3, -0.25) is 9.36 Å². The van der Waals surface area contributed by atoms with Gasteiger partial charge in [0, 0.05) is 0 Å². The van der Waals surface area contributed by atoms with Gasteiger partial charge in [-0.1, -0.05) is 17.3 Å². The van der Waals surface area contributed by atoms with E-state index in [1.54, 1.807) is 32.0 Å². The summed E-state index contributed by atoms with van der Waals surface area (Å²) in [6.07, 6.45) is 0. The van der Waals surface area contributed by atoms with E-state index >= 15 is 0 Å². The fourth-order valence-corrected chi connectivity index (χ4v) is 3.11. The molecule has 25 heavy (non-hydrogen) atoms. The summed E-state index contributed by atoms with van der Waals surface area (Å²) in [6, 6.07) is 7.02. The Balaban J connectivity index is 2.77. The van der Waals surface area contributed by atoms with Crippen molar-refractivity contribution in [2.75, 3.05) is 19.8 Å². The van der Waals surface area contributed by atoms with Crippen molar-refractivity contribution in [2.45, 2.75) is 20.8 Å². The number of oxime groups is 1. The van der Waals surface area contributed by atoms with Crippen molar-refractivity contribution in [1.82, 2.24) is 0 Å². The van der Waals surface area contributed by atoms with Crippen LogP contribution in [0.2, 0.25) is 0 Å². The number of amides is 1. The molecule has 1 aromatic rings. The molecule has 1 aromatic carbocycles. The lowest BCUT2D eigenvalue weighted by atomic mass is 10.2.